The lowest BCUT2D eigenvalue weighted by atomic mass is 10.0. The molecule has 8 nitrogen and oxygen atoms in total. The lowest BCUT2D eigenvalue weighted by Gasteiger charge is -2.17. The third-order valence-corrected chi connectivity index (χ3v) is 9.55. The zero-order valence-corrected chi connectivity index (χ0v) is 33.8. The van der Waals surface area contributed by atoms with E-state index in [1.54, 1.807) is 0 Å². The molecule has 0 rings (SSSR count). The Kier molecular flexibility index (Phi) is 36.1. The second kappa shape index (κ2) is 37.6. The van der Waals surface area contributed by atoms with Gasteiger partial charge >= 0.3 is 23.9 Å². The van der Waals surface area contributed by atoms with Gasteiger partial charge in [-0.1, -0.05) is 129 Å². The van der Waals surface area contributed by atoms with Crippen molar-refractivity contribution < 1.29 is 38.1 Å². The first-order valence-electron chi connectivity index (χ1n) is 21.4. The molecule has 2 atom stereocenters. The number of ether oxygens (including phenoxy) is 4. The van der Waals surface area contributed by atoms with Gasteiger partial charge in [-0.05, 0) is 64.2 Å². The van der Waals surface area contributed by atoms with Gasteiger partial charge in [0.25, 0.3) is 0 Å². The SMILES string of the molecule is CCCCCCC(CCCCCCCCCCC(=O)OCCCOC(=O)CCCCCCCCCCC(CCCCCC)OC(C)=O)OC(C)=O. The highest BCUT2D eigenvalue weighted by Gasteiger charge is 2.13. The number of carbonyl (C=O) groups excluding carboxylic acids is 4. The van der Waals surface area contributed by atoms with E-state index in [0.29, 0.717) is 32.5 Å². The first kappa shape index (κ1) is 48.9. The standard InChI is InChI=1S/C43H80O8/c1-5-7-9-23-30-40(50-38(3)44)32-25-19-15-11-13-17-21-27-34-42(46)48-36-29-37-49-43(47)35-28-22-18-14-12-16-20-26-33-41(51-39(4)45)31-24-10-8-6-2/h40-41H,5-37H2,1-4H3. The summed E-state index contributed by atoms with van der Waals surface area (Å²) in [5, 5.41) is 0. The van der Waals surface area contributed by atoms with Crippen LogP contribution in [-0.2, 0) is 38.1 Å². The fraction of sp³-hybridized carbons (Fsp3) is 0.907. The number of rotatable bonds is 38. The molecule has 51 heavy (non-hydrogen) atoms. The van der Waals surface area contributed by atoms with Crippen LogP contribution in [0.15, 0.2) is 0 Å². The van der Waals surface area contributed by atoms with E-state index < -0.39 is 0 Å². The quantitative estimate of drug-likeness (QED) is 0.0352. The lowest BCUT2D eigenvalue weighted by molar-refractivity contribution is -0.148. The fourth-order valence-electron chi connectivity index (χ4n) is 6.57. The normalized spacial score (nSPS) is 12.3. The van der Waals surface area contributed by atoms with Crippen molar-refractivity contribution in [3.05, 3.63) is 0 Å². The van der Waals surface area contributed by atoms with Crippen LogP contribution in [-0.4, -0.2) is 49.3 Å². The van der Waals surface area contributed by atoms with Crippen molar-refractivity contribution in [3.63, 3.8) is 0 Å². The monoisotopic (exact) mass is 725 g/mol. The molecular weight excluding hydrogens is 644 g/mol. The summed E-state index contributed by atoms with van der Waals surface area (Å²) in [4.78, 5) is 46.8. The molecule has 0 aromatic carbocycles. The van der Waals surface area contributed by atoms with Crippen LogP contribution in [0.25, 0.3) is 0 Å². The van der Waals surface area contributed by atoms with E-state index in [-0.39, 0.29) is 36.1 Å². The van der Waals surface area contributed by atoms with Crippen LogP contribution in [0.3, 0.4) is 0 Å². The molecule has 0 aliphatic heterocycles. The minimum atomic E-state index is -0.164. The van der Waals surface area contributed by atoms with E-state index in [4.69, 9.17) is 18.9 Å². The molecule has 0 fully saturated rings. The van der Waals surface area contributed by atoms with Crippen LogP contribution < -0.4 is 0 Å². The second-order valence-corrected chi connectivity index (χ2v) is 14.7. The summed E-state index contributed by atoms with van der Waals surface area (Å²) in [7, 11) is 0. The van der Waals surface area contributed by atoms with E-state index in [9.17, 15) is 19.2 Å². The van der Waals surface area contributed by atoms with Crippen LogP contribution >= 0.6 is 0 Å². The molecule has 0 radical (unpaired) electrons. The molecule has 0 saturated carbocycles. The number of hydrogen-bond acceptors (Lipinski definition) is 8. The molecule has 0 aromatic rings. The molecule has 0 bridgehead atoms. The van der Waals surface area contributed by atoms with Gasteiger partial charge in [-0.15, -0.1) is 0 Å². The molecule has 0 spiro atoms. The Hall–Kier alpha value is -2.12. The average molecular weight is 725 g/mol. The molecule has 0 saturated heterocycles. The van der Waals surface area contributed by atoms with Crippen molar-refractivity contribution in [1.82, 2.24) is 0 Å². The zero-order valence-electron chi connectivity index (χ0n) is 33.8. The fourth-order valence-corrected chi connectivity index (χ4v) is 6.57. The van der Waals surface area contributed by atoms with Crippen molar-refractivity contribution in [2.45, 2.75) is 239 Å². The van der Waals surface area contributed by atoms with Gasteiger partial charge in [-0.2, -0.15) is 0 Å². The average Bonchev–Trinajstić information content (AvgIpc) is 3.09. The van der Waals surface area contributed by atoms with Crippen LogP contribution in [0.2, 0.25) is 0 Å². The third-order valence-electron chi connectivity index (χ3n) is 9.55. The molecule has 8 heteroatoms. The maximum atomic E-state index is 12.0. The zero-order chi connectivity index (χ0) is 37.6. The van der Waals surface area contributed by atoms with Gasteiger partial charge in [0.1, 0.15) is 12.2 Å². The van der Waals surface area contributed by atoms with Crippen LogP contribution in [0, 0.1) is 0 Å². The summed E-state index contributed by atoms with van der Waals surface area (Å²) in [6, 6.07) is 0. The Morgan fingerprint density at radius 3 is 0.941 bits per heavy atom. The van der Waals surface area contributed by atoms with E-state index in [1.807, 2.05) is 0 Å². The van der Waals surface area contributed by atoms with Gasteiger partial charge in [0.05, 0.1) is 13.2 Å². The predicted octanol–water partition coefficient (Wildman–Crippen LogP) is 12.1. The summed E-state index contributed by atoms with van der Waals surface area (Å²) in [6.45, 7) is 8.03. The first-order chi connectivity index (χ1) is 24.8. The predicted molar refractivity (Wildman–Crippen MR) is 208 cm³/mol. The van der Waals surface area contributed by atoms with E-state index in [0.717, 1.165) is 89.9 Å². The first-order valence-corrected chi connectivity index (χ1v) is 21.4. The van der Waals surface area contributed by atoms with E-state index in [1.165, 1.54) is 104 Å². The van der Waals surface area contributed by atoms with Gasteiger partial charge in [0.2, 0.25) is 0 Å². The molecule has 2 unspecified atom stereocenters. The molecule has 0 aliphatic carbocycles. The number of unbranched alkanes of at least 4 members (excludes halogenated alkanes) is 20. The Bertz CT molecular complexity index is 763. The van der Waals surface area contributed by atoms with Crippen molar-refractivity contribution in [2.24, 2.45) is 0 Å². The molecular formula is C43H80O8. The smallest absolute Gasteiger partial charge is 0.305 e. The van der Waals surface area contributed by atoms with Crippen molar-refractivity contribution in [1.29, 1.82) is 0 Å². The topological polar surface area (TPSA) is 105 Å². The number of carbonyl (C=O) groups is 4. The summed E-state index contributed by atoms with van der Waals surface area (Å²) >= 11 is 0. The van der Waals surface area contributed by atoms with Crippen molar-refractivity contribution in [2.75, 3.05) is 13.2 Å². The third kappa shape index (κ3) is 37.4. The van der Waals surface area contributed by atoms with E-state index >= 15 is 0 Å². The maximum Gasteiger partial charge on any atom is 0.305 e. The van der Waals surface area contributed by atoms with Gasteiger partial charge in [0, 0.05) is 33.1 Å². The molecule has 0 amide bonds. The summed E-state index contributed by atoms with van der Waals surface area (Å²) < 4.78 is 21.6. The highest BCUT2D eigenvalue weighted by Crippen LogP contribution is 2.18. The van der Waals surface area contributed by atoms with Crippen molar-refractivity contribution >= 4 is 23.9 Å². The lowest BCUT2D eigenvalue weighted by Crippen LogP contribution is -2.16. The molecule has 0 aromatic heterocycles. The van der Waals surface area contributed by atoms with E-state index in [2.05, 4.69) is 13.8 Å². The minimum Gasteiger partial charge on any atom is -0.466 e. The van der Waals surface area contributed by atoms with Gasteiger partial charge in [-0.25, -0.2) is 0 Å². The highest BCUT2D eigenvalue weighted by molar-refractivity contribution is 5.69. The van der Waals surface area contributed by atoms with Crippen LogP contribution in [0.4, 0.5) is 0 Å². The van der Waals surface area contributed by atoms with Crippen LogP contribution in [0.5, 0.6) is 0 Å². The maximum absolute atomic E-state index is 12.0. The largest absolute Gasteiger partial charge is 0.466 e. The van der Waals surface area contributed by atoms with Gasteiger partial charge in [0.15, 0.2) is 0 Å². The van der Waals surface area contributed by atoms with Gasteiger partial charge in [-0.3, -0.25) is 19.2 Å². The molecule has 0 aliphatic rings. The molecule has 0 N–H and O–H groups in total. The second-order valence-electron chi connectivity index (χ2n) is 14.7. The number of esters is 4. The Morgan fingerprint density at radius 2 is 0.647 bits per heavy atom. The summed E-state index contributed by atoms with van der Waals surface area (Å²) in [5.74, 6) is -0.655. The Balaban J connectivity index is 3.56. The summed E-state index contributed by atoms with van der Waals surface area (Å²) in [6.07, 6.45) is 33.0. The van der Waals surface area contributed by atoms with Crippen LogP contribution in [0.1, 0.15) is 227 Å². The Labute approximate surface area is 313 Å². The molecule has 300 valence electrons. The highest BCUT2D eigenvalue weighted by atomic mass is 16.6. The summed E-state index contributed by atoms with van der Waals surface area (Å²) in [5.41, 5.74) is 0. The van der Waals surface area contributed by atoms with Crippen molar-refractivity contribution in [3.8, 4) is 0 Å². The molecule has 0 heterocycles. The number of hydrogen-bond donors (Lipinski definition) is 0. The Morgan fingerprint density at radius 1 is 0.373 bits per heavy atom. The minimum absolute atomic E-state index is 0.0817. The van der Waals surface area contributed by atoms with Gasteiger partial charge < -0.3 is 18.9 Å².